The lowest BCUT2D eigenvalue weighted by atomic mass is 10.0. The molecule has 0 radical (unpaired) electrons. The summed E-state index contributed by atoms with van der Waals surface area (Å²) in [5, 5.41) is 2.31. The van der Waals surface area contributed by atoms with E-state index in [0.717, 1.165) is 25.8 Å². The summed E-state index contributed by atoms with van der Waals surface area (Å²) in [6, 6.07) is -0.365. The predicted octanol–water partition coefficient (Wildman–Crippen LogP) is 0.0907. The molecule has 0 spiro atoms. The first-order valence-corrected chi connectivity index (χ1v) is 3.90. The summed E-state index contributed by atoms with van der Waals surface area (Å²) in [6.07, 6.45) is 2.91. The van der Waals surface area contributed by atoms with Gasteiger partial charge in [-0.3, -0.25) is 10.1 Å². The van der Waals surface area contributed by atoms with Crippen molar-refractivity contribution in [2.45, 2.75) is 25.3 Å². The molecule has 2 heterocycles. The Morgan fingerprint density at radius 2 is 2.18 bits per heavy atom. The molecule has 2 rings (SSSR count). The van der Waals surface area contributed by atoms with Gasteiger partial charge in [-0.15, -0.1) is 0 Å². The zero-order valence-corrected chi connectivity index (χ0v) is 6.17. The number of hydrogen-bond donors (Lipinski definition) is 1. The Hall–Kier alpha value is -1.06. The van der Waals surface area contributed by atoms with Crippen LogP contribution in [0.15, 0.2) is 0 Å². The highest BCUT2D eigenvalue weighted by molar-refractivity contribution is 6.04. The van der Waals surface area contributed by atoms with Crippen LogP contribution in [0.25, 0.3) is 0 Å². The zero-order valence-electron chi connectivity index (χ0n) is 6.17. The number of nitrogens with one attached hydrogen (secondary N) is 1. The maximum atomic E-state index is 11.0. The van der Waals surface area contributed by atoms with Gasteiger partial charge in [0.25, 0.3) is 5.91 Å². The number of nitrogens with zero attached hydrogens (tertiary/aromatic N) is 1. The lowest BCUT2D eigenvalue weighted by Crippen LogP contribution is -2.38. The van der Waals surface area contributed by atoms with E-state index >= 15 is 0 Å². The standard InChI is InChI=1S/C7H10N2O2/c10-6-5-3-1-2-4-9(5)7(11)8-6/h5H,1-4H2,(H,8,10,11)/t5-/m1/s1. The highest BCUT2D eigenvalue weighted by Gasteiger charge is 2.39. The molecule has 0 unspecified atom stereocenters. The maximum Gasteiger partial charge on any atom is 0.324 e. The third-order valence-corrected chi connectivity index (χ3v) is 2.30. The monoisotopic (exact) mass is 154 g/mol. The van der Waals surface area contributed by atoms with Crippen molar-refractivity contribution in [3.63, 3.8) is 0 Å². The van der Waals surface area contributed by atoms with Crippen LogP contribution >= 0.6 is 0 Å². The topological polar surface area (TPSA) is 49.4 Å². The Morgan fingerprint density at radius 3 is 2.91 bits per heavy atom. The molecule has 0 aromatic carbocycles. The van der Waals surface area contributed by atoms with Crippen LogP contribution in [-0.2, 0) is 4.79 Å². The molecule has 1 atom stereocenters. The number of carbonyl (C=O) groups is 2. The second kappa shape index (κ2) is 2.22. The van der Waals surface area contributed by atoms with Crippen LogP contribution in [0.2, 0.25) is 0 Å². The van der Waals surface area contributed by atoms with Crippen LogP contribution in [0.5, 0.6) is 0 Å². The molecule has 2 saturated heterocycles. The van der Waals surface area contributed by atoms with E-state index in [1.54, 1.807) is 4.90 Å². The highest BCUT2D eigenvalue weighted by Crippen LogP contribution is 2.20. The fourth-order valence-electron chi connectivity index (χ4n) is 1.71. The lowest BCUT2D eigenvalue weighted by molar-refractivity contribution is -0.122. The molecule has 4 heteroatoms. The molecule has 4 nitrogen and oxygen atoms in total. The van der Waals surface area contributed by atoms with Gasteiger partial charge in [0.05, 0.1) is 0 Å². The van der Waals surface area contributed by atoms with Gasteiger partial charge in [-0.25, -0.2) is 4.79 Å². The molecule has 3 amide bonds. The van der Waals surface area contributed by atoms with E-state index in [-0.39, 0.29) is 18.0 Å². The van der Waals surface area contributed by atoms with Crippen molar-refractivity contribution in [1.82, 2.24) is 10.2 Å². The number of rotatable bonds is 0. The fourth-order valence-corrected chi connectivity index (χ4v) is 1.71. The minimum Gasteiger partial charge on any atom is -0.312 e. The second-order valence-electron chi connectivity index (χ2n) is 3.00. The van der Waals surface area contributed by atoms with E-state index < -0.39 is 0 Å². The molecule has 2 aliphatic rings. The molecule has 1 N–H and O–H groups in total. The lowest BCUT2D eigenvalue weighted by Gasteiger charge is -2.25. The molecular formula is C7H10N2O2. The minimum atomic E-state index is -0.209. The summed E-state index contributed by atoms with van der Waals surface area (Å²) in [4.78, 5) is 23.7. The summed E-state index contributed by atoms with van der Waals surface area (Å²) >= 11 is 0. The zero-order chi connectivity index (χ0) is 7.84. The second-order valence-corrected chi connectivity index (χ2v) is 3.00. The Balaban J connectivity index is 2.19. The minimum absolute atomic E-state index is 0.116. The molecule has 2 aliphatic heterocycles. The predicted molar refractivity (Wildman–Crippen MR) is 37.9 cm³/mol. The summed E-state index contributed by atoms with van der Waals surface area (Å²) < 4.78 is 0. The van der Waals surface area contributed by atoms with E-state index in [1.165, 1.54) is 0 Å². The van der Waals surface area contributed by atoms with Crippen molar-refractivity contribution < 1.29 is 9.59 Å². The summed E-state index contributed by atoms with van der Waals surface area (Å²) in [7, 11) is 0. The molecule has 2 fully saturated rings. The van der Waals surface area contributed by atoms with Crippen molar-refractivity contribution in [2.75, 3.05) is 6.54 Å². The SMILES string of the molecule is O=C1NC(=O)N2CCCC[C@H]12. The number of hydrogen-bond acceptors (Lipinski definition) is 2. The van der Waals surface area contributed by atoms with E-state index in [0.29, 0.717) is 0 Å². The highest BCUT2D eigenvalue weighted by atomic mass is 16.2. The van der Waals surface area contributed by atoms with Crippen LogP contribution < -0.4 is 5.32 Å². The van der Waals surface area contributed by atoms with Gasteiger partial charge in [-0.2, -0.15) is 0 Å². The number of urea groups is 1. The van der Waals surface area contributed by atoms with Gasteiger partial charge < -0.3 is 4.90 Å². The number of amides is 3. The van der Waals surface area contributed by atoms with Crippen LogP contribution in [0.3, 0.4) is 0 Å². The Bertz CT molecular complexity index is 192. The average Bonchev–Trinajstić information content (AvgIpc) is 2.30. The molecule has 0 saturated carbocycles. The van der Waals surface area contributed by atoms with Crippen LogP contribution in [0, 0.1) is 0 Å². The van der Waals surface area contributed by atoms with Crippen molar-refractivity contribution in [1.29, 1.82) is 0 Å². The van der Waals surface area contributed by atoms with Gasteiger partial charge in [0.1, 0.15) is 6.04 Å². The van der Waals surface area contributed by atoms with Crippen LogP contribution in [0.1, 0.15) is 19.3 Å². The smallest absolute Gasteiger partial charge is 0.312 e. The normalized spacial score (nSPS) is 30.2. The Kier molecular flexibility index (Phi) is 1.34. The van der Waals surface area contributed by atoms with E-state index in [4.69, 9.17) is 0 Å². The molecule has 60 valence electrons. The largest absolute Gasteiger partial charge is 0.324 e. The van der Waals surface area contributed by atoms with E-state index in [9.17, 15) is 9.59 Å². The van der Waals surface area contributed by atoms with Crippen molar-refractivity contribution >= 4 is 11.9 Å². The molecule has 0 aromatic rings. The van der Waals surface area contributed by atoms with Gasteiger partial charge >= 0.3 is 6.03 Å². The third kappa shape index (κ3) is 0.895. The first kappa shape index (κ1) is 6.64. The number of piperidine rings is 1. The van der Waals surface area contributed by atoms with Crippen molar-refractivity contribution in [3.05, 3.63) is 0 Å². The van der Waals surface area contributed by atoms with Gasteiger partial charge in [-0.1, -0.05) is 0 Å². The molecule has 0 aromatic heterocycles. The van der Waals surface area contributed by atoms with Gasteiger partial charge in [0.2, 0.25) is 0 Å². The first-order chi connectivity index (χ1) is 5.29. The molecular weight excluding hydrogens is 144 g/mol. The summed E-state index contributed by atoms with van der Waals surface area (Å²) in [5.74, 6) is -0.116. The first-order valence-electron chi connectivity index (χ1n) is 3.90. The number of imide groups is 1. The summed E-state index contributed by atoms with van der Waals surface area (Å²) in [5.41, 5.74) is 0. The van der Waals surface area contributed by atoms with Crippen molar-refractivity contribution in [3.8, 4) is 0 Å². The summed E-state index contributed by atoms with van der Waals surface area (Å²) in [6.45, 7) is 0.738. The quantitative estimate of drug-likeness (QED) is 0.503. The van der Waals surface area contributed by atoms with Crippen LogP contribution in [-0.4, -0.2) is 29.4 Å². The van der Waals surface area contributed by atoms with Gasteiger partial charge in [0, 0.05) is 6.54 Å². The molecule has 11 heavy (non-hydrogen) atoms. The third-order valence-electron chi connectivity index (χ3n) is 2.30. The number of carbonyl (C=O) groups excluding carboxylic acids is 2. The Morgan fingerprint density at radius 1 is 1.36 bits per heavy atom. The van der Waals surface area contributed by atoms with E-state index in [2.05, 4.69) is 5.32 Å². The van der Waals surface area contributed by atoms with Gasteiger partial charge in [-0.05, 0) is 19.3 Å². The van der Waals surface area contributed by atoms with Crippen molar-refractivity contribution in [2.24, 2.45) is 0 Å². The van der Waals surface area contributed by atoms with Gasteiger partial charge in [0.15, 0.2) is 0 Å². The Labute approximate surface area is 64.5 Å². The number of fused-ring (bicyclic) bond motifs is 1. The molecule has 0 aliphatic carbocycles. The fraction of sp³-hybridized carbons (Fsp3) is 0.714. The maximum absolute atomic E-state index is 11.0. The molecule has 0 bridgehead atoms. The van der Waals surface area contributed by atoms with Crippen LogP contribution in [0.4, 0.5) is 4.79 Å². The average molecular weight is 154 g/mol. The van der Waals surface area contributed by atoms with E-state index in [1.807, 2.05) is 0 Å².